The molecule has 0 aliphatic carbocycles. The van der Waals surface area contributed by atoms with E-state index in [1.165, 1.54) is 0 Å². The summed E-state index contributed by atoms with van der Waals surface area (Å²) in [5.41, 5.74) is 3.98. The monoisotopic (exact) mass is 481 g/mol. The molecule has 0 fully saturated rings. The molecule has 1 unspecified atom stereocenters. The highest BCUT2D eigenvalue weighted by atomic mass is 16.5. The zero-order chi connectivity index (χ0) is 25.0. The lowest BCUT2D eigenvalue weighted by atomic mass is 10.1. The number of nitrogens with zero attached hydrogens (tertiary/aromatic N) is 3. The molecule has 0 aliphatic heterocycles. The predicted molar refractivity (Wildman–Crippen MR) is 139 cm³/mol. The van der Waals surface area contributed by atoms with E-state index in [1.807, 2.05) is 56.4 Å². The number of methoxy groups -OCH3 is 1. The van der Waals surface area contributed by atoms with Crippen LogP contribution < -0.4 is 4.74 Å². The van der Waals surface area contributed by atoms with E-state index in [1.54, 1.807) is 11.8 Å². The quantitative estimate of drug-likeness (QED) is 0.314. The van der Waals surface area contributed by atoms with Crippen molar-refractivity contribution in [3.63, 3.8) is 0 Å². The Labute approximate surface area is 209 Å². The summed E-state index contributed by atoms with van der Waals surface area (Å²) in [6.07, 6.45) is 1.47. The number of aromatic nitrogens is 2. The summed E-state index contributed by atoms with van der Waals surface area (Å²) in [6.45, 7) is 7.38. The molecule has 1 heterocycles. The van der Waals surface area contributed by atoms with Crippen molar-refractivity contribution in [2.45, 2.75) is 39.3 Å². The fourth-order valence-electron chi connectivity index (χ4n) is 3.94. The Kier molecular flexibility index (Phi) is 10.8. The second-order valence-corrected chi connectivity index (χ2v) is 8.85. The van der Waals surface area contributed by atoms with Crippen LogP contribution in [0.25, 0.3) is 11.3 Å². The Balaban J connectivity index is 1.89. The molecule has 1 atom stereocenters. The van der Waals surface area contributed by atoms with E-state index in [4.69, 9.17) is 19.3 Å². The molecule has 3 rings (SSSR count). The van der Waals surface area contributed by atoms with Gasteiger partial charge in [0.05, 0.1) is 24.9 Å². The average Bonchev–Trinajstić information content (AvgIpc) is 3.15. The van der Waals surface area contributed by atoms with Crippen LogP contribution in [0.3, 0.4) is 0 Å². The Morgan fingerprint density at radius 2 is 1.89 bits per heavy atom. The predicted octanol–water partition coefficient (Wildman–Crippen LogP) is 4.81. The molecule has 0 saturated carbocycles. The van der Waals surface area contributed by atoms with Gasteiger partial charge in [0.25, 0.3) is 0 Å². The Morgan fingerprint density at radius 1 is 1.09 bits per heavy atom. The molecule has 7 nitrogen and oxygen atoms in total. The van der Waals surface area contributed by atoms with Gasteiger partial charge in [0, 0.05) is 46.0 Å². The molecule has 190 valence electrons. The molecule has 0 spiro atoms. The van der Waals surface area contributed by atoms with E-state index in [9.17, 15) is 5.11 Å². The van der Waals surface area contributed by atoms with Gasteiger partial charge in [0.2, 0.25) is 5.88 Å². The van der Waals surface area contributed by atoms with Gasteiger partial charge in [-0.2, -0.15) is 5.10 Å². The number of aliphatic hydroxyl groups excluding tert-OH is 1. The maximum Gasteiger partial charge on any atom is 0.222 e. The standard InChI is InChI=1S/C28H39N3O4/c1-5-6-16-34-21-24(32)19-31(15-17-33-4)20-26-27(23-12-8-7-9-13-23)29-30(3)28(26)35-25-14-10-11-22(2)18-25/h7-14,18,24,32H,5-6,15-17,19-21H2,1-4H3. The summed E-state index contributed by atoms with van der Waals surface area (Å²) in [6, 6.07) is 18.1. The number of hydrogen-bond donors (Lipinski definition) is 1. The van der Waals surface area contributed by atoms with Crippen molar-refractivity contribution in [2.24, 2.45) is 7.05 Å². The summed E-state index contributed by atoms with van der Waals surface area (Å²) in [7, 11) is 3.59. The summed E-state index contributed by atoms with van der Waals surface area (Å²) in [4.78, 5) is 2.17. The zero-order valence-electron chi connectivity index (χ0n) is 21.4. The van der Waals surface area contributed by atoms with E-state index in [2.05, 4.69) is 24.0 Å². The summed E-state index contributed by atoms with van der Waals surface area (Å²) in [5, 5.41) is 15.5. The molecule has 2 aromatic carbocycles. The van der Waals surface area contributed by atoms with Gasteiger partial charge in [-0.3, -0.25) is 4.90 Å². The molecule has 1 N–H and O–H groups in total. The van der Waals surface area contributed by atoms with Gasteiger partial charge in [0.15, 0.2) is 0 Å². The van der Waals surface area contributed by atoms with Crippen LogP contribution in [-0.4, -0.2) is 65.9 Å². The van der Waals surface area contributed by atoms with Gasteiger partial charge < -0.3 is 19.3 Å². The lowest BCUT2D eigenvalue weighted by molar-refractivity contribution is 0.0101. The van der Waals surface area contributed by atoms with Crippen molar-refractivity contribution in [1.29, 1.82) is 0 Å². The number of ether oxygens (including phenoxy) is 3. The van der Waals surface area contributed by atoms with Crippen LogP contribution >= 0.6 is 0 Å². The maximum absolute atomic E-state index is 10.7. The van der Waals surface area contributed by atoms with Crippen molar-refractivity contribution < 1.29 is 19.3 Å². The largest absolute Gasteiger partial charge is 0.439 e. The van der Waals surface area contributed by atoms with Gasteiger partial charge in [0.1, 0.15) is 11.4 Å². The third kappa shape index (κ3) is 8.18. The van der Waals surface area contributed by atoms with Crippen molar-refractivity contribution in [2.75, 3.05) is 40.0 Å². The normalized spacial score (nSPS) is 12.3. The summed E-state index contributed by atoms with van der Waals surface area (Å²) in [5.74, 6) is 1.45. The molecular formula is C28H39N3O4. The summed E-state index contributed by atoms with van der Waals surface area (Å²) < 4.78 is 19.2. The van der Waals surface area contributed by atoms with Crippen LogP contribution in [-0.2, 0) is 23.1 Å². The molecule has 1 aromatic heterocycles. The lowest BCUT2D eigenvalue weighted by Crippen LogP contribution is -2.36. The van der Waals surface area contributed by atoms with Crippen LogP contribution in [0.4, 0.5) is 0 Å². The van der Waals surface area contributed by atoms with Crippen LogP contribution in [0.5, 0.6) is 11.6 Å². The number of unbranched alkanes of at least 4 members (excludes halogenated alkanes) is 1. The topological polar surface area (TPSA) is 69.0 Å². The van der Waals surface area contributed by atoms with Gasteiger partial charge in [-0.25, -0.2) is 4.68 Å². The first-order chi connectivity index (χ1) is 17.0. The highest BCUT2D eigenvalue weighted by Gasteiger charge is 2.23. The fraction of sp³-hybridized carbons (Fsp3) is 0.464. The molecule has 0 aliphatic rings. The number of hydrogen-bond acceptors (Lipinski definition) is 6. The molecule has 35 heavy (non-hydrogen) atoms. The van der Waals surface area contributed by atoms with E-state index in [0.29, 0.717) is 45.3 Å². The number of rotatable bonds is 15. The Hall–Kier alpha value is -2.71. The smallest absolute Gasteiger partial charge is 0.222 e. The van der Waals surface area contributed by atoms with E-state index in [-0.39, 0.29) is 0 Å². The third-order valence-corrected chi connectivity index (χ3v) is 5.75. The third-order valence-electron chi connectivity index (χ3n) is 5.75. The molecule has 0 saturated heterocycles. The van der Waals surface area contributed by atoms with E-state index >= 15 is 0 Å². The van der Waals surface area contributed by atoms with E-state index < -0.39 is 6.10 Å². The minimum absolute atomic E-state index is 0.314. The first-order valence-electron chi connectivity index (χ1n) is 12.3. The SMILES string of the molecule is CCCCOCC(O)CN(CCOC)Cc1c(-c2ccccc2)nn(C)c1Oc1cccc(C)c1. The molecule has 0 radical (unpaired) electrons. The van der Waals surface area contributed by atoms with Gasteiger partial charge in [-0.15, -0.1) is 0 Å². The highest BCUT2D eigenvalue weighted by Crippen LogP contribution is 2.34. The zero-order valence-corrected chi connectivity index (χ0v) is 21.4. The second kappa shape index (κ2) is 14.0. The minimum Gasteiger partial charge on any atom is -0.439 e. The molecular weight excluding hydrogens is 442 g/mol. The highest BCUT2D eigenvalue weighted by molar-refractivity contribution is 5.65. The van der Waals surface area contributed by atoms with Crippen LogP contribution in [0.1, 0.15) is 30.9 Å². The van der Waals surface area contributed by atoms with Crippen LogP contribution in [0.15, 0.2) is 54.6 Å². The minimum atomic E-state index is -0.596. The molecule has 3 aromatic rings. The molecule has 0 bridgehead atoms. The molecule has 7 heteroatoms. The van der Waals surface area contributed by atoms with Crippen molar-refractivity contribution in [1.82, 2.24) is 14.7 Å². The lowest BCUT2D eigenvalue weighted by Gasteiger charge is -2.25. The number of aliphatic hydroxyl groups is 1. The van der Waals surface area contributed by atoms with E-state index in [0.717, 1.165) is 41.0 Å². The van der Waals surface area contributed by atoms with Crippen molar-refractivity contribution in [3.05, 3.63) is 65.7 Å². The first-order valence-corrected chi connectivity index (χ1v) is 12.3. The number of benzene rings is 2. The van der Waals surface area contributed by atoms with Crippen LogP contribution in [0, 0.1) is 6.92 Å². The van der Waals surface area contributed by atoms with Crippen molar-refractivity contribution in [3.8, 4) is 22.9 Å². The van der Waals surface area contributed by atoms with Gasteiger partial charge in [-0.05, 0) is 31.0 Å². The maximum atomic E-state index is 10.7. The van der Waals surface area contributed by atoms with Gasteiger partial charge in [-0.1, -0.05) is 55.8 Å². The van der Waals surface area contributed by atoms with Crippen molar-refractivity contribution >= 4 is 0 Å². The Morgan fingerprint density at radius 3 is 2.60 bits per heavy atom. The first kappa shape index (κ1) is 26.9. The van der Waals surface area contributed by atoms with Crippen LogP contribution in [0.2, 0.25) is 0 Å². The summed E-state index contributed by atoms with van der Waals surface area (Å²) >= 11 is 0. The van der Waals surface area contributed by atoms with Gasteiger partial charge >= 0.3 is 0 Å². The second-order valence-electron chi connectivity index (χ2n) is 8.85. The molecule has 0 amide bonds. The Bertz CT molecular complexity index is 1020. The number of aryl methyl sites for hydroxylation is 2. The fourth-order valence-corrected chi connectivity index (χ4v) is 3.94. The average molecular weight is 482 g/mol.